The van der Waals surface area contributed by atoms with Gasteiger partial charge in [-0.05, 0) is 43.4 Å². The van der Waals surface area contributed by atoms with Crippen molar-refractivity contribution in [1.29, 1.82) is 0 Å². The number of ether oxygens (including phenoxy) is 4. The predicted octanol–water partition coefficient (Wildman–Crippen LogP) is 3.72. The first-order valence-corrected chi connectivity index (χ1v) is 9.96. The average molecular weight is 400 g/mol. The molecule has 1 aromatic rings. The van der Waals surface area contributed by atoms with Gasteiger partial charge < -0.3 is 18.9 Å². The van der Waals surface area contributed by atoms with Crippen LogP contribution in [0.3, 0.4) is 0 Å². The zero-order valence-corrected chi connectivity index (χ0v) is 17.5. The van der Waals surface area contributed by atoms with Gasteiger partial charge in [-0.25, -0.2) is 0 Å². The summed E-state index contributed by atoms with van der Waals surface area (Å²) in [6, 6.07) is 6.73. The topological polar surface area (TPSA) is 40.2 Å². The van der Waals surface area contributed by atoms with Crippen molar-refractivity contribution in [1.82, 2.24) is 4.90 Å². The van der Waals surface area contributed by atoms with Gasteiger partial charge in [0.25, 0.3) is 0 Å². The van der Waals surface area contributed by atoms with Crippen LogP contribution < -0.4 is 9.47 Å². The van der Waals surface area contributed by atoms with E-state index < -0.39 is 0 Å². The highest BCUT2D eigenvalue weighted by atomic mass is 35.5. The number of hydrogen-bond donors (Lipinski definition) is 0. The molecule has 0 radical (unpaired) electrons. The van der Waals surface area contributed by atoms with E-state index in [2.05, 4.69) is 17.0 Å². The summed E-state index contributed by atoms with van der Waals surface area (Å²) in [5, 5.41) is 0. The fourth-order valence-electron chi connectivity index (χ4n) is 4.15. The quantitative estimate of drug-likeness (QED) is 0.623. The molecule has 1 aliphatic heterocycles. The highest BCUT2D eigenvalue weighted by Crippen LogP contribution is 2.29. The first kappa shape index (κ1) is 22.3. The van der Waals surface area contributed by atoms with E-state index in [1.165, 1.54) is 31.2 Å². The molecule has 0 amide bonds. The molecular weight excluding hydrogens is 366 g/mol. The van der Waals surface area contributed by atoms with E-state index >= 15 is 0 Å². The van der Waals surface area contributed by atoms with Crippen LogP contribution >= 0.6 is 12.4 Å². The average Bonchev–Trinajstić information content (AvgIpc) is 2.72. The molecule has 2 aliphatic rings. The third kappa shape index (κ3) is 6.24. The summed E-state index contributed by atoms with van der Waals surface area (Å²) in [6.07, 6.45) is 7.48. The molecule has 27 heavy (non-hydrogen) atoms. The van der Waals surface area contributed by atoms with Gasteiger partial charge in [-0.3, -0.25) is 4.90 Å². The maximum absolute atomic E-state index is 6.33. The molecule has 0 bridgehead atoms. The van der Waals surface area contributed by atoms with E-state index in [1.807, 2.05) is 6.07 Å². The largest absolute Gasteiger partial charge is 0.493 e. The number of rotatable bonds is 8. The molecule has 154 valence electrons. The number of aryl methyl sites for hydroxylation is 1. The second kappa shape index (κ2) is 11.7. The van der Waals surface area contributed by atoms with Crippen LogP contribution in [-0.4, -0.2) is 64.2 Å². The number of hydrogen-bond acceptors (Lipinski definition) is 5. The summed E-state index contributed by atoms with van der Waals surface area (Å²) >= 11 is 0. The number of nitrogens with zero attached hydrogens (tertiary/aromatic N) is 1. The summed E-state index contributed by atoms with van der Waals surface area (Å²) in [5.41, 5.74) is 1.26. The SMILES string of the molecule is COc1ccc(CCCO[C@H]2CCCC[C@@H]2N2CCOCC2)cc1OC.Cl. The van der Waals surface area contributed by atoms with Crippen LogP contribution in [0.4, 0.5) is 0 Å². The van der Waals surface area contributed by atoms with Crippen LogP contribution in [0.15, 0.2) is 18.2 Å². The third-order valence-corrected chi connectivity index (χ3v) is 5.57. The second-order valence-electron chi connectivity index (χ2n) is 7.20. The monoisotopic (exact) mass is 399 g/mol. The van der Waals surface area contributed by atoms with E-state index in [0.717, 1.165) is 57.3 Å². The van der Waals surface area contributed by atoms with Gasteiger partial charge in [0, 0.05) is 25.7 Å². The summed E-state index contributed by atoms with van der Waals surface area (Å²) in [7, 11) is 3.35. The lowest BCUT2D eigenvalue weighted by atomic mass is 9.91. The van der Waals surface area contributed by atoms with Crippen molar-refractivity contribution in [3.8, 4) is 11.5 Å². The van der Waals surface area contributed by atoms with Crippen LogP contribution in [0.1, 0.15) is 37.7 Å². The van der Waals surface area contributed by atoms with E-state index in [1.54, 1.807) is 14.2 Å². The Bertz CT molecular complexity index is 551. The standard InChI is InChI=1S/C21H33NO4.ClH/c1-23-20-10-9-17(16-21(20)24-2)6-5-13-26-19-8-4-3-7-18(19)22-11-14-25-15-12-22;/h9-10,16,18-19H,3-8,11-15H2,1-2H3;1H/t18-,19-;/m0./s1. The highest BCUT2D eigenvalue weighted by molar-refractivity contribution is 5.85. The Kier molecular flexibility index (Phi) is 9.69. The Morgan fingerprint density at radius 2 is 1.78 bits per heavy atom. The van der Waals surface area contributed by atoms with Crippen molar-refractivity contribution >= 4 is 12.4 Å². The summed E-state index contributed by atoms with van der Waals surface area (Å²) in [4.78, 5) is 2.58. The predicted molar refractivity (Wildman–Crippen MR) is 110 cm³/mol. The lowest BCUT2D eigenvalue weighted by molar-refractivity contribution is -0.0657. The molecule has 3 rings (SSSR count). The van der Waals surface area contributed by atoms with Gasteiger partial charge in [-0.2, -0.15) is 0 Å². The zero-order chi connectivity index (χ0) is 18.2. The Labute approximate surface area is 169 Å². The molecule has 0 aromatic heterocycles. The van der Waals surface area contributed by atoms with Gasteiger partial charge in [0.2, 0.25) is 0 Å². The Hall–Kier alpha value is -1.01. The maximum atomic E-state index is 6.33. The lowest BCUT2D eigenvalue weighted by Crippen LogP contribution is -2.51. The molecule has 1 aromatic carbocycles. The Morgan fingerprint density at radius 1 is 1.04 bits per heavy atom. The minimum Gasteiger partial charge on any atom is -0.493 e. The summed E-state index contributed by atoms with van der Waals surface area (Å²) in [5.74, 6) is 1.58. The molecule has 0 spiro atoms. The molecule has 1 saturated heterocycles. The molecule has 1 aliphatic carbocycles. The van der Waals surface area contributed by atoms with E-state index in [-0.39, 0.29) is 12.4 Å². The number of morpholine rings is 1. The van der Waals surface area contributed by atoms with Gasteiger partial charge in [0.1, 0.15) is 0 Å². The molecule has 6 heteroatoms. The summed E-state index contributed by atoms with van der Waals surface area (Å²) < 4.78 is 22.5. The molecule has 5 nitrogen and oxygen atoms in total. The minimum atomic E-state index is 0. The van der Waals surface area contributed by atoms with E-state index in [4.69, 9.17) is 18.9 Å². The maximum Gasteiger partial charge on any atom is 0.160 e. The Balaban J connectivity index is 0.00000261. The van der Waals surface area contributed by atoms with Gasteiger partial charge in [-0.15, -0.1) is 12.4 Å². The number of benzene rings is 1. The molecule has 1 saturated carbocycles. The van der Waals surface area contributed by atoms with Crippen molar-refractivity contribution in [2.45, 2.75) is 50.7 Å². The van der Waals surface area contributed by atoms with E-state index in [9.17, 15) is 0 Å². The molecule has 0 N–H and O–H groups in total. The van der Waals surface area contributed by atoms with Gasteiger partial charge in [0.15, 0.2) is 11.5 Å². The molecule has 2 fully saturated rings. The van der Waals surface area contributed by atoms with Crippen molar-refractivity contribution in [3.05, 3.63) is 23.8 Å². The highest BCUT2D eigenvalue weighted by Gasteiger charge is 2.31. The fraction of sp³-hybridized carbons (Fsp3) is 0.714. The van der Waals surface area contributed by atoms with Gasteiger partial charge >= 0.3 is 0 Å². The van der Waals surface area contributed by atoms with Gasteiger partial charge in [-0.1, -0.05) is 18.9 Å². The van der Waals surface area contributed by atoms with Crippen molar-refractivity contribution in [3.63, 3.8) is 0 Å². The molecule has 0 unspecified atom stereocenters. The number of methoxy groups -OCH3 is 2. The van der Waals surface area contributed by atoms with Crippen molar-refractivity contribution in [2.24, 2.45) is 0 Å². The Morgan fingerprint density at radius 3 is 2.52 bits per heavy atom. The zero-order valence-electron chi connectivity index (χ0n) is 16.7. The third-order valence-electron chi connectivity index (χ3n) is 5.57. The second-order valence-corrected chi connectivity index (χ2v) is 7.20. The lowest BCUT2D eigenvalue weighted by Gasteiger charge is -2.41. The molecular formula is C21H34ClNO4. The van der Waals surface area contributed by atoms with Crippen molar-refractivity contribution < 1.29 is 18.9 Å². The molecule has 1 heterocycles. The van der Waals surface area contributed by atoms with Crippen molar-refractivity contribution in [2.75, 3.05) is 47.1 Å². The van der Waals surface area contributed by atoms with Crippen LogP contribution in [0.2, 0.25) is 0 Å². The fourth-order valence-corrected chi connectivity index (χ4v) is 4.15. The smallest absolute Gasteiger partial charge is 0.160 e. The summed E-state index contributed by atoms with van der Waals surface area (Å²) in [6.45, 7) is 4.65. The van der Waals surface area contributed by atoms with Gasteiger partial charge in [0.05, 0.1) is 33.5 Å². The van der Waals surface area contributed by atoms with E-state index in [0.29, 0.717) is 12.1 Å². The first-order chi connectivity index (χ1) is 12.8. The minimum absolute atomic E-state index is 0. The first-order valence-electron chi connectivity index (χ1n) is 9.96. The van der Waals surface area contributed by atoms with Crippen LogP contribution in [0.5, 0.6) is 11.5 Å². The van der Waals surface area contributed by atoms with Crippen LogP contribution in [0.25, 0.3) is 0 Å². The molecule has 2 atom stereocenters. The normalized spacial score (nSPS) is 23.5. The van der Waals surface area contributed by atoms with Crippen LogP contribution in [-0.2, 0) is 15.9 Å². The van der Waals surface area contributed by atoms with Crippen LogP contribution in [0, 0.1) is 0 Å². The number of halogens is 1.